The third kappa shape index (κ3) is 5.05. The van der Waals surface area contributed by atoms with E-state index < -0.39 is 11.9 Å². The van der Waals surface area contributed by atoms with E-state index in [1.807, 2.05) is 0 Å². The maximum atomic E-state index is 11.4. The van der Waals surface area contributed by atoms with Gasteiger partial charge in [0, 0.05) is 14.1 Å². The van der Waals surface area contributed by atoms with Crippen molar-refractivity contribution < 1.29 is 19.1 Å². The molecule has 0 aromatic heterocycles. The van der Waals surface area contributed by atoms with Gasteiger partial charge >= 0.3 is 11.9 Å². The zero-order valence-corrected chi connectivity index (χ0v) is 9.57. The highest BCUT2D eigenvalue weighted by molar-refractivity contribution is 5.95. The highest BCUT2D eigenvalue weighted by Crippen LogP contribution is 2.02. The first kappa shape index (κ1) is 13.5. The van der Waals surface area contributed by atoms with E-state index in [9.17, 15) is 9.59 Å². The fraction of sp³-hybridized carbons (Fsp3) is 0.600. The first-order chi connectivity index (χ1) is 7.02. The summed E-state index contributed by atoms with van der Waals surface area (Å²) in [5.41, 5.74) is 0.176. The van der Waals surface area contributed by atoms with E-state index in [4.69, 9.17) is 9.47 Å². The van der Waals surface area contributed by atoms with E-state index in [0.717, 1.165) is 6.08 Å². The fourth-order valence-electron chi connectivity index (χ4n) is 0.871. The number of rotatable bonds is 5. The first-order valence-corrected chi connectivity index (χ1v) is 4.75. The third-order valence-corrected chi connectivity index (χ3v) is 1.51. The number of carbonyl (C=O) groups excluding carboxylic acids is 2. The van der Waals surface area contributed by atoms with Gasteiger partial charge in [-0.1, -0.05) is 0 Å². The minimum atomic E-state index is -0.547. The Labute approximate surface area is 89.6 Å². The molecule has 0 atom stereocenters. The van der Waals surface area contributed by atoms with Gasteiger partial charge in [0.25, 0.3) is 0 Å². The molecule has 0 amide bonds. The molecular formula is C10H17NO4. The average Bonchev–Trinajstić information content (AvgIpc) is 2.14. The third-order valence-electron chi connectivity index (χ3n) is 1.51. The molecule has 0 aliphatic heterocycles. The zero-order chi connectivity index (χ0) is 11.8. The van der Waals surface area contributed by atoms with Crippen molar-refractivity contribution in [3.63, 3.8) is 0 Å². The molecule has 0 bridgehead atoms. The summed E-state index contributed by atoms with van der Waals surface area (Å²) in [5, 5.41) is 0. The quantitative estimate of drug-likeness (QED) is 0.495. The van der Waals surface area contributed by atoms with Gasteiger partial charge in [0.05, 0.1) is 19.3 Å². The second kappa shape index (κ2) is 6.86. The van der Waals surface area contributed by atoms with Crippen LogP contribution in [0.25, 0.3) is 0 Å². The van der Waals surface area contributed by atoms with Crippen molar-refractivity contribution >= 4 is 11.9 Å². The Kier molecular flexibility index (Phi) is 6.17. The molecule has 0 rings (SSSR count). The highest BCUT2D eigenvalue weighted by atomic mass is 16.5. The second-order valence-electron chi connectivity index (χ2n) is 2.90. The van der Waals surface area contributed by atoms with Crippen LogP contribution in [0.1, 0.15) is 13.8 Å². The van der Waals surface area contributed by atoms with Gasteiger partial charge in [0.15, 0.2) is 0 Å². The van der Waals surface area contributed by atoms with Crippen molar-refractivity contribution in [1.29, 1.82) is 0 Å². The molecule has 0 saturated carbocycles. The highest BCUT2D eigenvalue weighted by Gasteiger charge is 2.14. The number of hydrogen-bond donors (Lipinski definition) is 0. The molecule has 15 heavy (non-hydrogen) atoms. The van der Waals surface area contributed by atoms with Crippen LogP contribution in [0.3, 0.4) is 0 Å². The molecule has 5 heteroatoms. The second-order valence-corrected chi connectivity index (χ2v) is 2.90. The lowest BCUT2D eigenvalue weighted by molar-refractivity contribution is -0.142. The number of likely N-dealkylation sites (N-methyl/N-ethyl adjacent to an activating group) is 1. The number of nitrogens with zero attached hydrogens (tertiary/aromatic N) is 1. The van der Waals surface area contributed by atoms with Crippen LogP contribution in [0.2, 0.25) is 0 Å². The standard InChI is InChI=1S/C10H17NO4/c1-5-14-9(12)7-8(11(3)4)10(13)15-6-2/h7H,5-6H2,1-4H3/b8-7+. The van der Waals surface area contributed by atoms with Gasteiger partial charge < -0.3 is 14.4 Å². The molecule has 0 spiro atoms. The van der Waals surface area contributed by atoms with Crippen molar-refractivity contribution in [3.05, 3.63) is 11.8 Å². The molecule has 0 heterocycles. The van der Waals surface area contributed by atoms with Gasteiger partial charge in [-0.3, -0.25) is 0 Å². The van der Waals surface area contributed by atoms with Crippen molar-refractivity contribution in [2.24, 2.45) is 0 Å². The van der Waals surface area contributed by atoms with Crippen LogP contribution in [0.15, 0.2) is 11.8 Å². The van der Waals surface area contributed by atoms with Crippen LogP contribution in [-0.4, -0.2) is 44.1 Å². The molecule has 0 saturated heterocycles. The Hall–Kier alpha value is -1.52. The van der Waals surface area contributed by atoms with E-state index in [2.05, 4.69) is 0 Å². The van der Waals surface area contributed by atoms with Crippen molar-refractivity contribution in [2.75, 3.05) is 27.3 Å². The van der Waals surface area contributed by atoms with Gasteiger partial charge in [-0.05, 0) is 13.8 Å². The Morgan fingerprint density at radius 2 is 1.67 bits per heavy atom. The van der Waals surface area contributed by atoms with E-state index >= 15 is 0 Å². The molecular weight excluding hydrogens is 198 g/mol. The molecule has 0 aliphatic carbocycles. The van der Waals surface area contributed by atoms with Crippen molar-refractivity contribution in [1.82, 2.24) is 4.90 Å². The van der Waals surface area contributed by atoms with Gasteiger partial charge in [-0.25, -0.2) is 9.59 Å². The SMILES string of the molecule is CCOC(=O)/C=C(\C(=O)OCC)N(C)C. The first-order valence-electron chi connectivity index (χ1n) is 4.75. The minimum absolute atomic E-state index is 0.176. The molecule has 5 nitrogen and oxygen atoms in total. The van der Waals surface area contributed by atoms with Gasteiger partial charge in [-0.2, -0.15) is 0 Å². The maximum absolute atomic E-state index is 11.4. The number of carbonyl (C=O) groups is 2. The van der Waals surface area contributed by atoms with Gasteiger partial charge in [0.2, 0.25) is 0 Å². The monoisotopic (exact) mass is 215 g/mol. The van der Waals surface area contributed by atoms with Gasteiger partial charge in [-0.15, -0.1) is 0 Å². The molecule has 0 radical (unpaired) electrons. The molecule has 0 unspecified atom stereocenters. The summed E-state index contributed by atoms with van der Waals surface area (Å²) in [4.78, 5) is 24.0. The molecule has 86 valence electrons. The average molecular weight is 215 g/mol. The molecule has 0 aromatic carbocycles. The zero-order valence-electron chi connectivity index (χ0n) is 9.57. The molecule has 0 aliphatic rings. The maximum Gasteiger partial charge on any atom is 0.354 e. The van der Waals surface area contributed by atoms with Crippen molar-refractivity contribution in [2.45, 2.75) is 13.8 Å². The minimum Gasteiger partial charge on any atom is -0.463 e. The number of hydrogen-bond acceptors (Lipinski definition) is 5. The van der Waals surface area contributed by atoms with E-state index in [1.54, 1.807) is 27.9 Å². The summed E-state index contributed by atoms with van der Waals surface area (Å²) in [7, 11) is 3.31. The predicted octanol–water partition coefficient (Wildman–Crippen LogP) is 0.558. The predicted molar refractivity (Wildman–Crippen MR) is 55.0 cm³/mol. The van der Waals surface area contributed by atoms with Crippen LogP contribution >= 0.6 is 0 Å². The lowest BCUT2D eigenvalue weighted by atomic mass is 10.3. The van der Waals surface area contributed by atoms with E-state index in [0.29, 0.717) is 0 Å². The van der Waals surface area contributed by atoms with Gasteiger partial charge in [0.1, 0.15) is 5.70 Å². The summed E-state index contributed by atoms with van der Waals surface area (Å²) in [6.07, 6.45) is 1.13. The van der Waals surface area contributed by atoms with Crippen molar-refractivity contribution in [3.8, 4) is 0 Å². The topological polar surface area (TPSA) is 55.8 Å². The number of esters is 2. The fourth-order valence-corrected chi connectivity index (χ4v) is 0.871. The summed E-state index contributed by atoms with van der Waals surface area (Å²) >= 11 is 0. The van der Waals surface area contributed by atoms with E-state index in [1.165, 1.54) is 4.90 Å². The van der Waals surface area contributed by atoms with Crippen LogP contribution in [0, 0.1) is 0 Å². The molecule has 0 fully saturated rings. The Bertz CT molecular complexity index is 258. The normalized spacial score (nSPS) is 10.8. The summed E-state index contributed by atoms with van der Waals surface area (Å²) in [6.45, 7) is 3.95. The lowest BCUT2D eigenvalue weighted by Crippen LogP contribution is -2.23. The summed E-state index contributed by atoms with van der Waals surface area (Å²) < 4.78 is 9.49. The van der Waals surface area contributed by atoms with Crippen LogP contribution in [0.5, 0.6) is 0 Å². The van der Waals surface area contributed by atoms with Crippen LogP contribution in [0.4, 0.5) is 0 Å². The Morgan fingerprint density at radius 1 is 1.13 bits per heavy atom. The lowest BCUT2D eigenvalue weighted by Gasteiger charge is -2.14. The Morgan fingerprint density at radius 3 is 2.07 bits per heavy atom. The largest absolute Gasteiger partial charge is 0.463 e. The molecule has 0 aromatic rings. The summed E-state index contributed by atoms with van der Waals surface area (Å²) in [5.74, 6) is -1.08. The summed E-state index contributed by atoms with van der Waals surface area (Å²) in [6, 6.07) is 0. The smallest absolute Gasteiger partial charge is 0.354 e. The molecule has 0 N–H and O–H groups in total. The van der Waals surface area contributed by atoms with Crippen LogP contribution < -0.4 is 0 Å². The van der Waals surface area contributed by atoms with E-state index in [-0.39, 0.29) is 18.9 Å². The Balaban J connectivity index is 4.65. The number of ether oxygens (including phenoxy) is 2. The van der Waals surface area contributed by atoms with Crippen LogP contribution in [-0.2, 0) is 19.1 Å².